The Morgan fingerprint density at radius 3 is 2.32 bits per heavy atom. The van der Waals surface area contributed by atoms with Crippen molar-refractivity contribution in [2.75, 3.05) is 0 Å². The Morgan fingerprint density at radius 1 is 1.16 bits per heavy atom. The van der Waals surface area contributed by atoms with Gasteiger partial charge in [-0.3, -0.25) is 0 Å². The maximum atomic E-state index is 6.32. The van der Waals surface area contributed by atoms with Gasteiger partial charge in [0, 0.05) is 0 Å². The van der Waals surface area contributed by atoms with E-state index < -0.39 is 0 Å². The first-order valence-electron chi connectivity index (χ1n) is 8.26. The summed E-state index contributed by atoms with van der Waals surface area (Å²) in [4.78, 5) is 0. The van der Waals surface area contributed by atoms with Gasteiger partial charge in [0.15, 0.2) is 0 Å². The zero-order valence-electron chi connectivity index (χ0n) is 14.0. The smallest absolute Gasteiger partial charge is 0.405 e. The van der Waals surface area contributed by atoms with E-state index in [0.29, 0.717) is 23.9 Å². The Hall–Kier alpha value is -0.0151. The van der Waals surface area contributed by atoms with Crippen molar-refractivity contribution in [1.82, 2.24) is 0 Å². The van der Waals surface area contributed by atoms with E-state index in [4.69, 9.17) is 9.31 Å². The van der Waals surface area contributed by atoms with Crippen LogP contribution in [0.5, 0.6) is 0 Å². The van der Waals surface area contributed by atoms with Gasteiger partial charge in [0.1, 0.15) is 0 Å². The van der Waals surface area contributed by atoms with Gasteiger partial charge in [-0.05, 0) is 43.8 Å². The Balaban J connectivity index is 0.000000861. The molecule has 0 spiro atoms. The molecular formula is C16H33BO2. The maximum Gasteiger partial charge on any atom is 0.457 e. The lowest BCUT2D eigenvalue weighted by molar-refractivity contribution is -0.0509. The Bertz CT molecular complexity index is 267. The van der Waals surface area contributed by atoms with Gasteiger partial charge in [-0.1, -0.05) is 48.0 Å². The second-order valence-corrected chi connectivity index (χ2v) is 6.77. The number of hydrogen-bond acceptors (Lipinski definition) is 2. The third-order valence-electron chi connectivity index (χ3n) is 4.53. The van der Waals surface area contributed by atoms with Gasteiger partial charge in [-0.15, -0.1) is 0 Å². The van der Waals surface area contributed by atoms with E-state index in [9.17, 15) is 0 Å². The molecule has 0 bridgehead atoms. The molecule has 0 amide bonds. The number of rotatable bonds is 3. The molecule has 0 N–H and O–H groups in total. The van der Waals surface area contributed by atoms with Gasteiger partial charge in [-0.2, -0.15) is 0 Å². The fourth-order valence-corrected chi connectivity index (χ4v) is 3.68. The van der Waals surface area contributed by atoms with Crippen LogP contribution in [-0.2, 0) is 9.31 Å². The summed E-state index contributed by atoms with van der Waals surface area (Å²) in [6.45, 7) is 15.4. The van der Waals surface area contributed by atoms with Gasteiger partial charge in [0.2, 0.25) is 0 Å². The normalized spacial score (nSPS) is 34.3. The van der Waals surface area contributed by atoms with E-state index in [1.165, 1.54) is 19.3 Å². The lowest BCUT2D eigenvalue weighted by Gasteiger charge is -2.44. The molecule has 0 aromatic heterocycles. The summed E-state index contributed by atoms with van der Waals surface area (Å²) in [5, 5.41) is 0. The highest BCUT2D eigenvalue weighted by molar-refractivity contribution is 6.45. The van der Waals surface area contributed by atoms with Crippen molar-refractivity contribution < 1.29 is 9.31 Å². The van der Waals surface area contributed by atoms with Crippen molar-refractivity contribution in [3.05, 3.63) is 0 Å². The van der Waals surface area contributed by atoms with Gasteiger partial charge in [0.05, 0.1) is 11.7 Å². The molecule has 2 unspecified atom stereocenters. The molecule has 1 aliphatic heterocycles. The fourth-order valence-electron chi connectivity index (χ4n) is 3.68. The van der Waals surface area contributed by atoms with Gasteiger partial charge in [-0.25, -0.2) is 0 Å². The van der Waals surface area contributed by atoms with Crippen LogP contribution in [0.4, 0.5) is 0 Å². The van der Waals surface area contributed by atoms with Crippen LogP contribution in [0.2, 0.25) is 6.32 Å². The zero-order valence-corrected chi connectivity index (χ0v) is 14.0. The molecule has 2 nitrogen and oxygen atoms in total. The molecule has 1 saturated heterocycles. The first-order valence-corrected chi connectivity index (χ1v) is 8.26. The third-order valence-corrected chi connectivity index (χ3v) is 4.53. The number of hydrogen-bond donors (Lipinski definition) is 0. The zero-order chi connectivity index (χ0) is 14.6. The SMILES string of the molecule is CC.CC(C)CB1OC2CCC[C@@H](C(C)C)C2(C)O1. The van der Waals surface area contributed by atoms with Crippen LogP contribution < -0.4 is 0 Å². The first-order chi connectivity index (χ1) is 8.93. The molecule has 2 rings (SSSR count). The second-order valence-electron chi connectivity index (χ2n) is 6.77. The summed E-state index contributed by atoms with van der Waals surface area (Å²) in [6, 6.07) is 0. The summed E-state index contributed by atoms with van der Waals surface area (Å²) in [6.07, 6.45) is 5.11. The van der Waals surface area contributed by atoms with E-state index in [-0.39, 0.29) is 12.7 Å². The van der Waals surface area contributed by atoms with Crippen molar-refractivity contribution in [3.8, 4) is 0 Å². The maximum absolute atomic E-state index is 6.32. The molecule has 2 fully saturated rings. The Labute approximate surface area is 120 Å². The average molecular weight is 268 g/mol. The van der Waals surface area contributed by atoms with Gasteiger partial charge in [0.25, 0.3) is 0 Å². The molecule has 0 aromatic carbocycles. The molecular weight excluding hydrogens is 235 g/mol. The summed E-state index contributed by atoms with van der Waals surface area (Å²) in [5.74, 6) is 1.98. The summed E-state index contributed by atoms with van der Waals surface area (Å²) >= 11 is 0. The quantitative estimate of drug-likeness (QED) is 0.685. The van der Waals surface area contributed by atoms with Crippen molar-refractivity contribution in [1.29, 1.82) is 0 Å². The van der Waals surface area contributed by atoms with E-state index >= 15 is 0 Å². The molecule has 3 heteroatoms. The van der Waals surface area contributed by atoms with Crippen molar-refractivity contribution in [3.63, 3.8) is 0 Å². The Morgan fingerprint density at radius 2 is 1.79 bits per heavy atom. The highest BCUT2D eigenvalue weighted by Crippen LogP contribution is 2.47. The van der Waals surface area contributed by atoms with Crippen LogP contribution in [0.3, 0.4) is 0 Å². The highest BCUT2D eigenvalue weighted by atomic mass is 16.7. The topological polar surface area (TPSA) is 18.5 Å². The van der Waals surface area contributed by atoms with Crippen LogP contribution >= 0.6 is 0 Å². The first kappa shape index (κ1) is 17.0. The molecule has 0 radical (unpaired) electrons. The standard InChI is InChI=1S/C14H27BO2.C2H6/c1-10(2)9-15-16-13-8-6-7-12(11(3)4)14(13,5)17-15;1-2/h10-13H,6-9H2,1-5H3;1-2H3/t12-,13?,14?;/m0./s1. The summed E-state index contributed by atoms with van der Waals surface area (Å²) in [7, 11) is 0.0318. The second kappa shape index (κ2) is 7.13. The van der Waals surface area contributed by atoms with E-state index in [1.54, 1.807) is 0 Å². The van der Waals surface area contributed by atoms with E-state index in [2.05, 4.69) is 34.6 Å². The van der Waals surface area contributed by atoms with Crippen molar-refractivity contribution in [2.24, 2.45) is 17.8 Å². The van der Waals surface area contributed by atoms with E-state index in [0.717, 1.165) is 6.32 Å². The van der Waals surface area contributed by atoms with E-state index in [1.807, 2.05) is 13.8 Å². The fraction of sp³-hybridized carbons (Fsp3) is 1.00. The summed E-state index contributed by atoms with van der Waals surface area (Å²) < 4.78 is 12.5. The minimum atomic E-state index is -0.0357. The Kier molecular flexibility index (Phi) is 6.39. The molecule has 2 aliphatic rings. The van der Waals surface area contributed by atoms with Crippen LogP contribution in [0.25, 0.3) is 0 Å². The lowest BCUT2D eigenvalue weighted by Crippen LogP contribution is -2.49. The molecule has 0 aromatic rings. The molecule has 112 valence electrons. The molecule has 3 atom stereocenters. The van der Waals surface area contributed by atoms with Gasteiger partial charge >= 0.3 is 7.12 Å². The van der Waals surface area contributed by atoms with Crippen LogP contribution in [0.15, 0.2) is 0 Å². The third kappa shape index (κ3) is 3.75. The summed E-state index contributed by atoms with van der Waals surface area (Å²) in [5.41, 5.74) is -0.0357. The predicted molar refractivity (Wildman–Crippen MR) is 83.3 cm³/mol. The predicted octanol–water partition coefficient (Wildman–Crippen LogP) is 4.79. The molecule has 1 saturated carbocycles. The van der Waals surface area contributed by atoms with Crippen LogP contribution in [0.1, 0.15) is 67.7 Å². The minimum absolute atomic E-state index is 0.0318. The highest BCUT2D eigenvalue weighted by Gasteiger charge is 2.54. The van der Waals surface area contributed by atoms with Gasteiger partial charge < -0.3 is 9.31 Å². The minimum Gasteiger partial charge on any atom is -0.405 e. The van der Waals surface area contributed by atoms with Crippen LogP contribution in [0, 0.1) is 17.8 Å². The molecule has 1 heterocycles. The van der Waals surface area contributed by atoms with Crippen LogP contribution in [-0.4, -0.2) is 18.8 Å². The molecule has 19 heavy (non-hydrogen) atoms. The average Bonchev–Trinajstić information content (AvgIpc) is 2.65. The van der Waals surface area contributed by atoms with Crippen molar-refractivity contribution in [2.45, 2.75) is 85.8 Å². The van der Waals surface area contributed by atoms with Crippen molar-refractivity contribution >= 4 is 7.12 Å². The largest absolute Gasteiger partial charge is 0.457 e. The lowest BCUT2D eigenvalue weighted by atomic mass is 9.69. The molecule has 1 aliphatic carbocycles. The number of fused-ring (bicyclic) bond motifs is 1. The monoisotopic (exact) mass is 268 g/mol.